The number of sulfonamides is 1. The van der Waals surface area contributed by atoms with E-state index in [-0.39, 0.29) is 24.1 Å². The summed E-state index contributed by atoms with van der Waals surface area (Å²) in [4.78, 5) is 33.1. The van der Waals surface area contributed by atoms with Gasteiger partial charge in [-0.2, -0.15) is 4.72 Å². The monoisotopic (exact) mass is 460 g/mol. The summed E-state index contributed by atoms with van der Waals surface area (Å²) in [5.74, 6) is -1.26. The molecule has 0 radical (unpaired) electrons. The van der Waals surface area contributed by atoms with Gasteiger partial charge in [-0.05, 0) is 25.7 Å². The second kappa shape index (κ2) is 12.4. The maximum atomic E-state index is 12.3. The van der Waals surface area contributed by atoms with Crippen LogP contribution in [-0.4, -0.2) is 81.1 Å². The first kappa shape index (κ1) is 24.9. The number of rotatable bonds is 14. The number of amides is 1. The van der Waals surface area contributed by atoms with Gasteiger partial charge in [0.15, 0.2) is 5.96 Å². The minimum atomic E-state index is -3.74. The maximum Gasteiger partial charge on any atom is 0.323 e. The van der Waals surface area contributed by atoms with Gasteiger partial charge >= 0.3 is 5.97 Å². The minimum Gasteiger partial charge on any atom is -0.480 e. The zero-order chi connectivity index (χ0) is 22.7. The fraction of sp³-hybridized carbons (Fsp3) is 0.778. The largest absolute Gasteiger partial charge is 0.480 e. The van der Waals surface area contributed by atoms with E-state index >= 15 is 0 Å². The molecule has 0 aromatic heterocycles. The Kier molecular flexibility index (Phi) is 9.98. The van der Waals surface area contributed by atoms with E-state index in [1.165, 1.54) is 0 Å². The quantitative estimate of drug-likeness (QED) is 0.208. The molecule has 13 heteroatoms. The van der Waals surface area contributed by atoms with Crippen molar-refractivity contribution < 1.29 is 28.0 Å². The average molecular weight is 461 g/mol. The highest BCUT2D eigenvalue weighted by molar-refractivity contribution is 7.89. The highest BCUT2D eigenvalue weighted by atomic mass is 32.2. The number of carbonyl (C=O) groups excluding carboxylic acids is 1. The van der Waals surface area contributed by atoms with E-state index in [2.05, 4.69) is 30.8 Å². The molecule has 31 heavy (non-hydrogen) atoms. The van der Waals surface area contributed by atoms with Gasteiger partial charge in [-0.3, -0.25) is 14.6 Å². The van der Waals surface area contributed by atoms with Crippen LogP contribution in [0.3, 0.4) is 0 Å². The van der Waals surface area contributed by atoms with Gasteiger partial charge in [0.25, 0.3) is 5.91 Å². The molecule has 1 amide bonds. The summed E-state index contributed by atoms with van der Waals surface area (Å²) in [5.41, 5.74) is 0.172. The van der Waals surface area contributed by atoms with Crippen LogP contribution in [0.25, 0.3) is 0 Å². The van der Waals surface area contributed by atoms with Gasteiger partial charge in [-0.1, -0.05) is 18.5 Å². The van der Waals surface area contributed by atoms with E-state index in [1.54, 1.807) is 0 Å². The molecule has 2 atom stereocenters. The number of hydrogen-bond donors (Lipinski definition) is 5. The van der Waals surface area contributed by atoms with Gasteiger partial charge in [0.2, 0.25) is 10.0 Å². The molecule has 0 aliphatic carbocycles. The van der Waals surface area contributed by atoms with Crippen LogP contribution in [0.2, 0.25) is 0 Å². The fourth-order valence-electron chi connectivity index (χ4n) is 3.02. The highest BCUT2D eigenvalue weighted by Crippen LogP contribution is 2.16. The van der Waals surface area contributed by atoms with Crippen LogP contribution < -0.4 is 20.7 Å². The number of nitrogens with zero attached hydrogens (tertiary/aromatic N) is 2. The Morgan fingerprint density at radius 3 is 2.81 bits per heavy atom. The Labute approximate surface area is 182 Å². The lowest BCUT2D eigenvalue weighted by molar-refractivity contribution is -0.138. The number of aliphatic carboxylic acids is 1. The van der Waals surface area contributed by atoms with Gasteiger partial charge in [0.05, 0.1) is 12.3 Å². The molecule has 2 heterocycles. The van der Waals surface area contributed by atoms with Gasteiger partial charge in [0.1, 0.15) is 17.9 Å². The van der Waals surface area contributed by atoms with E-state index in [1.807, 2.05) is 6.92 Å². The summed E-state index contributed by atoms with van der Waals surface area (Å²) in [5, 5.41) is 21.8. The molecule has 0 spiro atoms. The van der Waals surface area contributed by atoms with Crippen molar-refractivity contribution in [2.45, 2.75) is 57.6 Å². The van der Waals surface area contributed by atoms with Gasteiger partial charge in [-0.25, -0.2) is 8.42 Å². The smallest absolute Gasteiger partial charge is 0.323 e. The number of aliphatic imine (C=N–C) groups is 1. The van der Waals surface area contributed by atoms with Crippen molar-refractivity contribution >= 4 is 33.6 Å². The van der Waals surface area contributed by atoms with Crippen molar-refractivity contribution in [2.24, 2.45) is 10.1 Å². The van der Waals surface area contributed by atoms with E-state index in [0.717, 1.165) is 44.9 Å². The molecular weight excluding hydrogens is 428 g/mol. The molecule has 176 valence electrons. The van der Waals surface area contributed by atoms with Gasteiger partial charge in [0, 0.05) is 26.1 Å². The summed E-state index contributed by atoms with van der Waals surface area (Å²) in [6.07, 6.45) is 3.75. The third-order valence-electron chi connectivity index (χ3n) is 4.77. The molecule has 2 rings (SSSR count). The van der Waals surface area contributed by atoms with Crippen LogP contribution in [0, 0.1) is 0 Å². The van der Waals surface area contributed by atoms with Crippen LogP contribution in [0.15, 0.2) is 10.1 Å². The van der Waals surface area contributed by atoms with Gasteiger partial charge < -0.3 is 25.9 Å². The summed E-state index contributed by atoms with van der Waals surface area (Å²) in [6.45, 7) is 3.89. The second-order valence-electron chi connectivity index (χ2n) is 7.44. The number of hydrogen-bond acceptors (Lipinski definition) is 9. The Bertz CT molecular complexity index is 784. The molecule has 0 aromatic rings. The third kappa shape index (κ3) is 9.09. The summed E-state index contributed by atoms with van der Waals surface area (Å²) in [7, 11) is -3.74. The van der Waals surface area contributed by atoms with Crippen LogP contribution >= 0.6 is 0 Å². The van der Waals surface area contributed by atoms with Crippen LogP contribution in [0.5, 0.6) is 0 Å². The first-order chi connectivity index (χ1) is 14.8. The number of nitrogens with one attached hydrogen (secondary N) is 4. The number of unbranched alkanes of at least 4 members (excludes halogenated alkanes) is 2. The molecule has 0 saturated heterocycles. The average Bonchev–Trinajstić information content (AvgIpc) is 3.41. The number of carbonyl (C=O) groups is 2. The third-order valence-corrected chi connectivity index (χ3v) is 6.24. The van der Waals surface area contributed by atoms with Crippen molar-refractivity contribution in [3.63, 3.8) is 0 Å². The van der Waals surface area contributed by atoms with Crippen LogP contribution in [-0.2, 0) is 24.4 Å². The van der Waals surface area contributed by atoms with Gasteiger partial charge in [-0.15, -0.1) is 0 Å². The Morgan fingerprint density at radius 2 is 2.13 bits per heavy atom. The van der Waals surface area contributed by atoms with E-state index in [0.29, 0.717) is 19.3 Å². The molecule has 2 aliphatic rings. The number of carboxylic acids is 1. The predicted octanol–water partition coefficient (Wildman–Crippen LogP) is -0.861. The first-order valence-corrected chi connectivity index (χ1v) is 12.2. The van der Waals surface area contributed by atoms with Crippen molar-refractivity contribution in [1.29, 1.82) is 0 Å². The van der Waals surface area contributed by atoms with Crippen molar-refractivity contribution in [3.8, 4) is 0 Å². The van der Waals surface area contributed by atoms with Crippen molar-refractivity contribution in [1.82, 2.24) is 20.7 Å². The van der Waals surface area contributed by atoms with E-state index in [9.17, 15) is 23.1 Å². The van der Waals surface area contributed by atoms with Crippen molar-refractivity contribution in [3.05, 3.63) is 0 Å². The molecule has 0 fully saturated rings. The molecule has 2 unspecified atom stereocenters. The Balaban J connectivity index is 1.66. The molecular formula is C18H32N6O6S. The normalized spacial score (nSPS) is 19.1. The lowest BCUT2D eigenvalue weighted by Gasteiger charge is -2.15. The molecule has 2 aliphatic heterocycles. The van der Waals surface area contributed by atoms with Crippen LogP contribution in [0.4, 0.5) is 0 Å². The molecule has 12 nitrogen and oxygen atoms in total. The fourth-order valence-corrected chi connectivity index (χ4v) is 4.43. The zero-order valence-electron chi connectivity index (χ0n) is 17.7. The number of guanidine groups is 1. The molecule has 0 bridgehead atoms. The topological polar surface area (TPSA) is 171 Å². The standard InChI is InChI=1S/C18H32N6O6S/c1-2-3-10-31(28,29)24-15(17(26)27)12-22-16(25)14-11-13(30-23-14)6-4-5-7-19-18-20-8-9-21-18/h13,15,24H,2-12H2,1H3,(H,22,25)(H,26,27)(H2,19,20,21). The highest BCUT2D eigenvalue weighted by Gasteiger charge is 2.28. The second-order valence-corrected chi connectivity index (χ2v) is 9.31. The Hall–Kier alpha value is -2.41. The lowest BCUT2D eigenvalue weighted by Crippen LogP contribution is -2.49. The number of carboxylic acid groups (broad SMARTS) is 1. The first-order valence-electron chi connectivity index (χ1n) is 10.6. The van der Waals surface area contributed by atoms with Crippen LogP contribution in [0.1, 0.15) is 45.4 Å². The molecule has 0 aromatic carbocycles. The zero-order valence-corrected chi connectivity index (χ0v) is 18.5. The molecule has 0 saturated carbocycles. The predicted molar refractivity (Wildman–Crippen MR) is 115 cm³/mol. The van der Waals surface area contributed by atoms with E-state index in [4.69, 9.17) is 4.84 Å². The SMILES string of the molecule is CCCCS(=O)(=O)NC(CNC(=O)C1=NOC(CCCCNC2=NCCN2)C1)C(=O)O. The number of oxime groups is 1. The summed E-state index contributed by atoms with van der Waals surface area (Å²) >= 11 is 0. The van der Waals surface area contributed by atoms with E-state index < -0.39 is 27.9 Å². The van der Waals surface area contributed by atoms with Crippen molar-refractivity contribution in [2.75, 3.05) is 31.9 Å². The lowest BCUT2D eigenvalue weighted by atomic mass is 10.1. The minimum absolute atomic E-state index is 0.163. The maximum absolute atomic E-state index is 12.3. The summed E-state index contributed by atoms with van der Waals surface area (Å²) < 4.78 is 26.0. The Morgan fingerprint density at radius 1 is 1.32 bits per heavy atom. The molecule has 5 N–H and O–H groups in total. The summed E-state index contributed by atoms with van der Waals surface area (Å²) in [6, 6.07) is -1.45.